The fraction of sp³-hybridized carbons (Fsp3) is 0.0833. The molecular formula is C12H10ClNO. The van der Waals surface area contributed by atoms with E-state index in [1.807, 2.05) is 31.2 Å². The molecule has 2 rings (SSSR count). The van der Waals surface area contributed by atoms with E-state index in [0.29, 0.717) is 10.7 Å². The zero-order chi connectivity index (χ0) is 10.8. The number of benzene rings is 1. The molecule has 0 aliphatic carbocycles. The maximum Gasteiger partial charge on any atom is 0.143 e. The summed E-state index contributed by atoms with van der Waals surface area (Å²) in [5, 5.41) is 10.1. The molecule has 2 nitrogen and oxygen atoms in total. The first-order chi connectivity index (χ1) is 7.16. The smallest absolute Gasteiger partial charge is 0.143 e. The summed E-state index contributed by atoms with van der Waals surface area (Å²) in [6.07, 6.45) is 1.53. The molecular weight excluding hydrogens is 210 g/mol. The average Bonchev–Trinajstić information content (AvgIpc) is 2.17. The molecule has 1 N–H and O–H groups in total. The van der Waals surface area contributed by atoms with Crippen LogP contribution in [0, 0.1) is 6.92 Å². The molecule has 0 radical (unpaired) electrons. The molecule has 0 atom stereocenters. The van der Waals surface area contributed by atoms with Crippen molar-refractivity contribution < 1.29 is 5.11 Å². The molecule has 1 heterocycles. The zero-order valence-electron chi connectivity index (χ0n) is 8.24. The molecule has 1 aromatic carbocycles. The van der Waals surface area contributed by atoms with Crippen LogP contribution in [0.4, 0.5) is 0 Å². The predicted octanol–water partition coefficient (Wildman–Crippen LogP) is 3.42. The van der Waals surface area contributed by atoms with E-state index in [-0.39, 0.29) is 5.75 Å². The quantitative estimate of drug-likeness (QED) is 0.797. The number of hydrogen-bond acceptors (Lipinski definition) is 2. The van der Waals surface area contributed by atoms with Crippen LogP contribution in [0.1, 0.15) is 5.56 Å². The summed E-state index contributed by atoms with van der Waals surface area (Å²) < 4.78 is 0. The van der Waals surface area contributed by atoms with Gasteiger partial charge >= 0.3 is 0 Å². The maximum atomic E-state index is 9.69. The first-order valence-corrected chi connectivity index (χ1v) is 4.96. The van der Waals surface area contributed by atoms with Crippen molar-refractivity contribution >= 4 is 11.6 Å². The van der Waals surface area contributed by atoms with Gasteiger partial charge in [0.05, 0.1) is 5.02 Å². The summed E-state index contributed by atoms with van der Waals surface area (Å²) in [6.45, 7) is 2.00. The Morgan fingerprint density at radius 1 is 1.27 bits per heavy atom. The SMILES string of the molecule is Cc1cccc(-c2ncc(Cl)cc2O)c1. The van der Waals surface area contributed by atoms with Gasteiger partial charge in [0.1, 0.15) is 11.4 Å². The van der Waals surface area contributed by atoms with E-state index in [1.165, 1.54) is 12.3 Å². The van der Waals surface area contributed by atoms with E-state index in [1.54, 1.807) is 0 Å². The second kappa shape index (κ2) is 3.91. The van der Waals surface area contributed by atoms with Gasteiger partial charge in [-0.05, 0) is 13.0 Å². The highest BCUT2D eigenvalue weighted by atomic mass is 35.5. The van der Waals surface area contributed by atoms with Crippen molar-refractivity contribution in [3.63, 3.8) is 0 Å². The standard InChI is InChI=1S/C12H10ClNO/c1-8-3-2-4-9(5-8)12-11(15)6-10(13)7-14-12/h2-7,15H,1H3. The summed E-state index contributed by atoms with van der Waals surface area (Å²) in [6, 6.07) is 9.29. The van der Waals surface area contributed by atoms with Gasteiger partial charge in [0.15, 0.2) is 0 Å². The second-order valence-electron chi connectivity index (χ2n) is 3.39. The normalized spacial score (nSPS) is 10.3. The van der Waals surface area contributed by atoms with Crippen molar-refractivity contribution in [3.8, 4) is 17.0 Å². The first kappa shape index (κ1) is 9.99. The Hall–Kier alpha value is -1.54. The number of aromatic hydroxyl groups is 1. The lowest BCUT2D eigenvalue weighted by Gasteiger charge is -2.04. The number of hydrogen-bond donors (Lipinski definition) is 1. The molecule has 2 aromatic rings. The highest BCUT2D eigenvalue weighted by molar-refractivity contribution is 6.30. The molecule has 0 bridgehead atoms. The number of aryl methyl sites for hydroxylation is 1. The Morgan fingerprint density at radius 2 is 2.07 bits per heavy atom. The van der Waals surface area contributed by atoms with E-state index >= 15 is 0 Å². The molecule has 0 spiro atoms. The van der Waals surface area contributed by atoms with Gasteiger partial charge in [-0.1, -0.05) is 35.4 Å². The Bertz CT molecular complexity index is 497. The van der Waals surface area contributed by atoms with Crippen molar-refractivity contribution in [2.24, 2.45) is 0 Å². The van der Waals surface area contributed by atoms with Gasteiger partial charge in [0.25, 0.3) is 0 Å². The van der Waals surface area contributed by atoms with Gasteiger partial charge in [-0.3, -0.25) is 4.98 Å². The lowest BCUT2D eigenvalue weighted by atomic mass is 10.1. The van der Waals surface area contributed by atoms with Crippen LogP contribution in [0.5, 0.6) is 5.75 Å². The Kier molecular flexibility index (Phi) is 2.60. The van der Waals surface area contributed by atoms with E-state index in [4.69, 9.17) is 11.6 Å². The molecule has 15 heavy (non-hydrogen) atoms. The minimum Gasteiger partial charge on any atom is -0.506 e. The molecule has 3 heteroatoms. The molecule has 0 amide bonds. The molecule has 1 aromatic heterocycles. The van der Waals surface area contributed by atoms with Crippen molar-refractivity contribution in [1.29, 1.82) is 0 Å². The molecule has 0 fully saturated rings. The van der Waals surface area contributed by atoms with Crippen LogP contribution in [0.15, 0.2) is 36.5 Å². The third-order valence-corrected chi connectivity index (χ3v) is 2.33. The summed E-state index contributed by atoms with van der Waals surface area (Å²) in [5.74, 6) is 0.105. The summed E-state index contributed by atoms with van der Waals surface area (Å²) in [7, 11) is 0. The molecule has 0 saturated heterocycles. The van der Waals surface area contributed by atoms with Gasteiger partial charge in [-0.2, -0.15) is 0 Å². The van der Waals surface area contributed by atoms with Crippen LogP contribution in [0.3, 0.4) is 0 Å². The number of rotatable bonds is 1. The fourth-order valence-electron chi connectivity index (χ4n) is 1.44. The third-order valence-electron chi connectivity index (χ3n) is 2.13. The zero-order valence-corrected chi connectivity index (χ0v) is 8.99. The van der Waals surface area contributed by atoms with E-state index in [0.717, 1.165) is 11.1 Å². The molecule has 0 aliphatic heterocycles. The van der Waals surface area contributed by atoms with Crippen molar-refractivity contribution in [2.75, 3.05) is 0 Å². The summed E-state index contributed by atoms with van der Waals surface area (Å²) >= 11 is 5.71. The Morgan fingerprint density at radius 3 is 2.73 bits per heavy atom. The monoisotopic (exact) mass is 219 g/mol. The van der Waals surface area contributed by atoms with Gasteiger partial charge in [-0.15, -0.1) is 0 Å². The van der Waals surface area contributed by atoms with E-state index in [2.05, 4.69) is 4.98 Å². The Balaban J connectivity index is 2.54. The number of aromatic nitrogens is 1. The lowest BCUT2D eigenvalue weighted by molar-refractivity contribution is 0.475. The molecule has 76 valence electrons. The van der Waals surface area contributed by atoms with Crippen molar-refractivity contribution in [3.05, 3.63) is 47.1 Å². The maximum absolute atomic E-state index is 9.69. The number of nitrogens with zero attached hydrogens (tertiary/aromatic N) is 1. The second-order valence-corrected chi connectivity index (χ2v) is 3.83. The van der Waals surface area contributed by atoms with Crippen molar-refractivity contribution in [2.45, 2.75) is 6.92 Å². The largest absolute Gasteiger partial charge is 0.506 e. The van der Waals surface area contributed by atoms with Crippen LogP contribution in [0.2, 0.25) is 5.02 Å². The summed E-state index contributed by atoms with van der Waals surface area (Å²) in [4.78, 5) is 4.11. The summed E-state index contributed by atoms with van der Waals surface area (Å²) in [5.41, 5.74) is 2.58. The molecule has 0 unspecified atom stereocenters. The van der Waals surface area contributed by atoms with Gasteiger partial charge < -0.3 is 5.11 Å². The number of pyridine rings is 1. The Labute approximate surface area is 93.2 Å². The van der Waals surface area contributed by atoms with Crippen LogP contribution in [-0.2, 0) is 0 Å². The van der Waals surface area contributed by atoms with Gasteiger partial charge in [0, 0.05) is 17.8 Å². The fourth-order valence-corrected chi connectivity index (χ4v) is 1.60. The van der Waals surface area contributed by atoms with Gasteiger partial charge in [-0.25, -0.2) is 0 Å². The minimum absolute atomic E-state index is 0.105. The van der Waals surface area contributed by atoms with Gasteiger partial charge in [0.2, 0.25) is 0 Å². The first-order valence-electron chi connectivity index (χ1n) is 4.58. The van der Waals surface area contributed by atoms with Crippen LogP contribution >= 0.6 is 11.6 Å². The van der Waals surface area contributed by atoms with E-state index < -0.39 is 0 Å². The topological polar surface area (TPSA) is 33.1 Å². The molecule has 0 aliphatic rings. The molecule has 0 saturated carbocycles. The highest BCUT2D eigenvalue weighted by Gasteiger charge is 2.06. The highest BCUT2D eigenvalue weighted by Crippen LogP contribution is 2.29. The number of halogens is 1. The third kappa shape index (κ3) is 2.10. The lowest BCUT2D eigenvalue weighted by Crippen LogP contribution is -1.85. The van der Waals surface area contributed by atoms with Crippen LogP contribution in [0.25, 0.3) is 11.3 Å². The van der Waals surface area contributed by atoms with Crippen molar-refractivity contribution in [1.82, 2.24) is 4.98 Å². The van der Waals surface area contributed by atoms with Crippen LogP contribution in [-0.4, -0.2) is 10.1 Å². The van der Waals surface area contributed by atoms with Crippen LogP contribution < -0.4 is 0 Å². The van der Waals surface area contributed by atoms with E-state index in [9.17, 15) is 5.11 Å². The minimum atomic E-state index is 0.105. The predicted molar refractivity (Wildman–Crippen MR) is 61.1 cm³/mol. The average molecular weight is 220 g/mol.